The van der Waals surface area contributed by atoms with Crippen LogP contribution in [0.2, 0.25) is 0 Å². The summed E-state index contributed by atoms with van der Waals surface area (Å²) in [5.74, 6) is 6.47. The van der Waals surface area contributed by atoms with Gasteiger partial charge in [0, 0.05) is 5.56 Å². The number of fused-ring (bicyclic) bond motifs is 1. The molecule has 0 bridgehead atoms. The Morgan fingerprint density at radius 1 is 1.00 bits per heavy atom. The van der Waals surface area contributed by atoms with Gasteiger partial charge in [-0.1, -0.05) is 18.1 Å². The van der Waals surface area contributed by atoms with E-state index in [9.17, 15) is 13.2 Å². The van der Waals surface area contributed by atoms with Crippen molar-refractivity contribution < 1.29 is 17.9 Å². The third-order valence-electron chi connectivity index (χ3n) is 2.97. The van der Waals surface area contributed by atoms with Crippen LogP contribution in [-0.4, -0.2) is 22.8 Å². The molecule has 6 heteroatoms. The van der Waals surface area contributed by atoms with Gasteiger partial charge in [0.2, 0.25) is 0 Å². The Morgan fingerprint density at radius 2 is 1.74 bits per heavy atom. The monoisotopic (exact) mass is 316 g/mol. The fourth-order valence-electron chi connectivity index (χ4n) is 1.94. The lowest BCUT2D eigenvalue weighted by atomic mass is 10.2. The van der Waals surface area contributed by atoms with Crippen molar-refractivity contribution in [3.8, 4) is 17.6 Å². The zero-order valence-electron chi connectivity index (χ0n) is 11.8. The number of halogens is 3. The number of aromatic nitrogens is 2. The molecule has 0 spiro atoms. The van der Waals surface area contributed by atoms with Crippen LogP contribution in [0.4, 0.5) is 13.2 Å². The van der Waals surface area contributed by atoms with E-state index in [4.69, 9.17) is 0 Å². The van der Waals surface area contributed by atoms with Gasteiger partial charge in [-0.25, -0.2) is 4.98 Å². The normalized spacial score (nSPS) is 11.1. The molecule has 3 nitrogen and oxygen atoms in total. The number of nitrogens with one attached hydrogen (secondary N) is 1. The molecule has 23 heavy (non-hydrogen) atoms. The summed E-state index contributed by atoms with van der Waals surface area (Å²) in [7, 11) is 0. The minimum atomic E-state index is -4.35. The molecule has 0 saturated carbocycles. The van der Waals surface area contributed by atoms with Crippen LogP contribution in [0.5, 0.6) is 5.75 Å². The molecule has 1 heterocycles. The van der Waals surface area contributed by atoms with Gasteiger partial charge in [-0.05, 0) is 42.3 Å². The van der Waals surface area contributed by atoms with Crippen LogP contribution >= 0.6 is 0 Å². The van der Waals surface area contributed by atoms with Crippen molar-refractivity contribution in [1.29, 1.82) is 0 Å². The Bertz CT molecular complexity index is 837. The minimum Gasteiger partial charge on any atom is -0.484 e. The number of hydrogen-bond acceptors (Lipinski definition) is 2. The molecule has 0 radical (unpaired) electrons. The zero-order valence-corrected chi connectivity index (χ0v) is 11.8. The van der Waals surface area contributed by atoms with Crippen molar-refractivity contribution in [3.05, 3.63) is 59.9 Å². The zero-order chi connectivity index (χ0) is 16.3. The number of hydrogen-bond donors (Lipinski definition) is 1. The molecule has 0 aliphatic carbocycles. The number of imidazole rings is 1. The number of ether oxygens (including phenoxy) is 1. The molecule has 0 atom stereocenters. The molecular formula is C17H11F3N2O. The number of rotatable bonds is 2. The first-order valence-corrected chi connectivity index (χ1v) is 6.76. The molecule has 0 fully saturated rings. The molecule has 0 unspecified atom stereocenters. The number of para-hydroxylation sites is 2. The number of aromatic amines is 1. The van der Waals surface area contributed by atoms with Gasteiger partial charge in [-0.15, -0.1) is 0 Å². The molecule has 3 rings (SSSR count). The van der Waals surface area contributed by atoms with Gasteiger partial charge in [0.05, 0.1) is 11.0 Å². The van der Waals surface area contributed by atoms with E-state index in [0.29, 0.717) is 11.4 Å². The average Bonchev–Trinajstić information content (AvgIpc) is 2.94. The molecule has 2 aromatic carbocycles. The summed E-state index contributed by atoms with van der Waals surface area (Å²) < 4.78 is 40.8. The topological polar surface area (TPSA) is 37.9 Å². The first-order valence-electron chi connectivity index (χ1n) is 6.76. The average molecular weight is 316 g/mol. The van der Waals surface area contributed by atoms with Crippen molar-refractivity contribution >= 4 is 11.0 Å². The second-order valence-corrected chi connectivity index (χ2v) is 4.78. The Labute approximate surface area is 130 Å². The van der Waals surface area contributed by atoms with Crippen LogP contribution in [0.1, 0.15) is 11.4 Å². The van der Waals surface area contributed by atoms with E-state index in [0.717, 1.165) is 11.0 Å². The molecule has 0 saturated heterocycles. The third kappa shape index (κ3) is 4.04. The largest absolute Gasteiger partial charge is 0.484 e. The summed E-state index contributed by atoms with van der Waals surface area (Å²) in [6, 6.07) is 13.7. The van der Waals surface area contributed by atoms with E-state index in [1.165, 1.54) is 12.1 Å². The van der Waals surface area contributed by atoms with E-state index in [2.05, 4.69) is 26.5 Å². The SMILES string of the molecule is FC(F)(F)COc1ccc(C#Cc2nc3ccccc3[nH]2)cc1. The molecule has 0 aliphatic rings. The van der Waals surface area contributed by atoms with Gasteiger partial charge in [-0.3, -0.25) is 0 Å². The lowest BCUT2D eigenvalue weighted by Gasteiger charge is -2.08. The molecule has 3 aromatic rings. The molecule has 0 aliphatic heterocycles. The maximum atomic E-state index is 12.1. The standard InChI is InChI=1S/C17H11F3N2O/c18-17(19,20)11-23-13-8-5-12(6-9-13)7-10-16-21-14-3-1-2-4-15(14)22-16/h1-6,8-9H,11H2,(H,21,22). The first kappa shape index (κ1) is 15.0. The van der Waals surface area contributed by atoms with E-state index in [1.807, 2.05) is 24.3 Å². The summed E-state index contributed by atoms with van der Waals surface area (Å²) in [6.45, 7) is -1.31. The molecule has 1 aromatic heterocycles. The fraction of sp³-hybridized carbons (Fsp3) is 0.118. The Hall–Kier alpha value is -2.94. The van der Waals surface area contributed by atoms with E-state index in [-0.39, 0.29) is 5.75 Å². The molecular weight excluding hydrogens is 305 g/mol. The van der Waals surface area contributed by atoms with E-state index in [1.54, 1.807) is 12.1 Å². The fourth-order valence-corrected chi connectivity index (χ4v) is 1.94. The van der Waals surface area contributed by atoms with Gasteiger partial charge in [0.15, 0.2) is 12.4 Å². The second-order valence-electron chi connectivity index (χ2n) is 4.78. The predicted octanol–water partition coefficient (Wildman–Crippen LogP) is 3.90. The number of nitrogens with zero attached hydrogens (tertiary/aromatic N) is 1. The van der Waals surface area contributed by atoms with Gasteiger partial charge in [-0.2, -0.15) is 13.2 Å². The van der Waals surface area contributed by atoms with Crippen LogP contribution in [0.25, 0.3) is 11.0 Å². The van der Waals surface area contributed by atoms with E-state index < -0.39 is 12.8 Å². The van der Waals surface area contributed by atoms with Gasteiger partial charge < -0.3 is 9.72 Å². The Morgan fingerprint density at radius 3 is 2.43 bits per heavy atom. The van der Waals surface area contributed by atoms with Crippen molar-refractivity contribution in [1.82, 2.24) is 9.97 Å². The van der Waals surface area contributed by atoms with Crippen LogP contribution in [0.3, 0.4) is 0 Å². The number of benzene rings is 2. The lowest BCUT2D eigenvalue weighted by Crippen LogP contribution is -2.19. The van der Waals surface area contributed by atoms with Crippen molar-refractivity contribution in [2.75, 3.05) is 6.61 Å². The highest BCUT2D eigenvalue weighted by Crippen LogP contribution is 2.18. The van der Waals surface area contributed by atoms with Crippen LogP contribution in [0.15, 0.2) is 48.5 Å². The highest BCUT2D eigenvalue weighted by atomic mass is 19.4. The summed E-state index contributed by atoms with van der Waals surface area (Å²) in [5, 5.41) is 0. The van der Waals surface area contributed by atoms with Crippen LogP contribution < -0.4 is 4.74 Å². The Balaban J connectivity index is 1.71. The summed E-state index contributed by atoms with van der Waals surface area (Å²) in [6.07, 6.45) is -4.35. The highest BCUT2D eigenvalue weighted by Gasteiger charge is 2.28. The van der Waals surface area contributed by atoms with Crippen molar-refractivity contribution in [2.24, 2.45) is 0 Å². The molecule has 1 N–H and O–H groups in total. The molecule has 0 amide bonds. The predicted molar refractivity (Wildman–Crippen MR) is 80.1 cm³/mol. The maximum Gasteiger partial charge on any atom is 0.422 e. The van der Waals surface area contributed by atoms with E-state index >= 15 is 0 Å². The first-order chi connectivity index (χ1) is 11.0. The maximum absolute atomic E-state index is 12.1. The van der Waals surface area contributed by atoms with Gasteiger partial charge in [0.25, 0.3) is 0 Å². The lowest BCUT2D eigenvalue weighted by molar-refractivity contribution is -0.153. The number of H-pyrrole nitrogens is 1. The summed E-state index contributed by atoms with van der Waals surface area (Å²) in [5.41, 5.74) is 2.38. The van der Waals surface area contributed by atoms with Crippen LogP contribution in [0, 0.1) is 11.8 Å². The second kappa shape index (κ2) is 6.05. The Kier molecular flexibility index (Phi) is 3.94. The minimum absolute atomic E-state index is 0.150. The third-order valence-corrected chi connectivity index (χ3v) is 2.97. The molecule has 116 valence electrons. The van der Waals surface area contributed by atoms with Gasteiger partial charge >= 0.3 is 6.18 Å². The van der Waals surface area contributed by atoms with Crippen molar-refractivity contribution in [2.45, 2.75) is 6.18 Å². The quantitative estimate of drug-likeness (QED) is 0.728. The summed E-state index contributed by atoms with van der Waals surface area (Å²) >= 11 is 0. The summed E-state index contributed by atoms with van der Waals surface area (Å²) in [4.78, 5) is 7.40. The smallest absolute Gasteiger partial charge is 0.422 e. The van der Waals surface area contributed by atoms with Gasteiger partial charge in [0.1, 0.15) is 5.75 Å². The highest BCUT2D eigenvalue weighted by molar-refractivity contribution is 5.75. The van der Waals surface area contributed by atoms with Crippen molar-refractivity contribution in [3.63, 3.8) is 0 Å². The van der Waals surface area contributed by atoms with Crippen LogP contribution in [-0.2, 0) is 0 Å². The number of alkyl halides is 3.